The van der Waals surface area contributed by atoms with Crippen molar-refractivity contribution >= 4 is 28.3 Å². The second-order valence-corrected chi connectivity index (χ2v) is 10.5. The summed E-state index contributed by atoms with van der Waals surface area (Å²) in [4.78, 5) is 33.4. The first-order valence-corrected chi connectivity index (χ1v) is 11.6. The number of rotatable bonds is 5. The zero-order chi connectivity index (χ0) is 21.9. The number of nitrogens with zero attached hydrogens (tertiary/aromatic N) is 2. The zero-order valence-corrected chi connectivity index (χ0v) is 19.6. The number of hydrogen-bond donors (Lipinski definition) is 1. The highest BCUT2D eigenvalue weighted by molar-refractivity contribution is 7.15. The van der Waals surface area contributed by atoms with Gasteiger partial charge in [-0.25, -0.2) is 4.98 Å². The fourth-order valence-electron chi connectivity index (χ4n) is 3.88. The molecule has 6 heteroatoms. The quantitative estimate of drug-likeness (QED) is 0.688. The number of aromatic nitrogens is 1. The molecule has 0 spiro atoms. The molecule has 0 bridgehead atoms. The van der Waals surface area contributed by atoms with Crippen molar-refractivity contribution in [3.8, 4) is 0 Å². The Hall–Kier alpha value is -2.21. The number of amides is 2. The first kappa shape index (κ1) is 22.5. The minimum absolute atomic E-state index is 0.0362. The van der Waals surface area contributed by atoms with E-state index in [1.54, 1.807) is 4.90 Å². The molecule has 3 rings (SSSR count). The summed E-state index contributed by atoms with van der Waals surface area (Å²) in [6, 6.07) is 7.94. The molecule has 5 nitrogen and oxygen atoms in total. The molecule has 1 fully saturated rings. The molecule has 1 saturated carbocycles. The van der Waals surface area contributed by atoms with Gasteiger partial charge >= 0.3 is 0 Å². The fourth-order valence-corrected chi connectivity index (χ4v) is 4.71. The summed E-state index contributed by atoms with van der Waals surface area (Å²) < 4.78 is 0. The molecule has 0 aliphatic heterocycles. The maximum absolute atomic E-state index is 13.4. The van der Waals surface area contributed by atoms with E-state index in [1.807, 2.05) is 38.1 Å². The van der Waals surface area contributed by atoms with Crippen LogP contribution in [0.4, 0.5) is 5.13 Å². The SMILES string of the molecule is Cc1nc(NC(=O)CN(C(=O)c2ccc(C(C)(C)C)cc2)C2CCCCC2)sc1C. The Morgan fingerprint density at radius 2 is 1.73 bits per heavy atom. The lowest BCUT2D eigenvalue weighted by molar-refractivity contribution is -0.117. The van der Waals surface area contributed by atoms with Crippen molar-refractivity contribution in [2.75, 3.05) is 11.9 Å². The van der Waals surface area contributed by atoms with Crippen LogP contribution in [0.3, 0.4) is 0 Å². The molecule has 1 aromatic heterocycles. The van der Waals surface area contributed by atoms with Gasteiger partial charge in [-0.05, 0) is 49.8 Å². The second kappa shape index (κ2) is 9.29. The Morgan fingerprint density at radius 1 is 1.10 bits per heavy atom. The molecule has 1 aromatic carbocycles. The maximum atomic E-state index is 13.4. The third-order valence-electron chi connectivity index (χ3n) is 5.86. The third kappa shape index (κ3) is 5.48. The largest absolute Gasteiger partial charge is 0.326 e. The molecule has 0 unspecified atom stereocenters. The van der Waals surface area contributed by atoms with E-state index in [9.17, 15) is 9.59 Å². The highest BCUT2D eigenvalue weighted by Gasteiger charge is 2.28. The molecule has 1 heterocycles. The lowest BCUT2D eigenvalue weighted by Crippen LogP contribution is -2.45. The summed E-state index contributed by atoms with van der Waals surface area (Å²) in [7, 11) is 0. The molecule has 2 aromatic rings. The van der Waals surface area contributed by atoms with Gasteiger partial charge in [0.1, 0.15) is 6.54 Å². The summed E-state index contributed by atoms with van der Waals surface area (Å²) in [5.74, 6) is -0.252. The summed E-state index contributed by atoms with van der Waals surface area (Å²) in [5.41, 5.74) is 2.79. The first-order chi connectivity index (χ1) is 14.1. The van der Waals surface area contributed by atoms with Gasteiger partial charge in [-0.1, -0.05) is 52.2 Å². The summed E-state index contributed by atoms with van der Waals surface area (Å²) in [5, 5.41) is 3.48. The van der Waals surface area contributed by atoms with Gasteiger partial charge in [0.05, 0.1) is 5.69 Å². The first-order valence-electron chi connectivity index (χ1n) is 10.8. The number of nitrogens with one attached hydrogen (secondary N) is 1. The van der Waals surface area contributed by atoms with Crippen LogP contribution in [0.2, 0.25) is 0 Å². The van der Waals surface area contributed by atoms with Gasteiger partial charge in [0.15, 0.2) is 5.13 Å². The standard InChI is InChI=1S/C24H33N3O2S/c1-16-17(2)30-23(25-16)26-21(28)15-27(20-9-7-6-8-10-20)22(29)18-11-13-19(14-12-18)24(3,4)5/h11-14,20H,6-10,15H2,1-5H3,(H,25,26,28). The van der Waals surface area contributed by atoms with Crippen molar-refractivity contribution in [3.63, 3.8) is 0 Å². The molecule has 30 heavy (non-hydrogen) atoms. The smallest absolute Gasteiger partial charge is 0.254 e. The van der Waals surface area contributed by atoms with Crippen LogP contribution in [0.25, 0.3) is 0 Å². The minimum atomic E-state index is -0.186. The third-order valence-corrected chi connectivity index (χ3v) is 6.85. The highest BCUT2D eigenvalue weighted by Crippen LogP contribution is 2.26. The monoisotopic (exact) mass is 427 g/mol. The summed E-state index contributed by atoms with van der Waals surface area (Å²) in [6.07, 6.45) is 5.31. The molecule has 1 N–H and O–H groups in total. The molecule has 1 aliphatic rings. The highest BCUT2D eigenvalue weighted by atomic mass is 32.1. The number of aryl methyl sites for hydroxylation is 2. The van der Waals surface area contributed by atoms with Crippen LogP contribution >= 0.6 is 11.3 Å². The molecular formula is C24H33N3O2S. The Bertz CT molecular complexity index is 871. The van der Waals surface area contributed by atoms with Gasteiger partial charge in [-0.15, -0.1) is 11.3 Å². The predicted molar refractivity (Wildman–Crippen MR) is 123 cm³/mol. The number of anilines is 1. The van der Waals surface area contributed by atoms with Crippen molar-refractivity contribution in [1.82, 2.24) is 9.88 Å². The molecule has 2 amide bonds. The second-order valence-electron chi connectivity index (χ2n) is 9.26. The van der Waals surface area contributed by atoms with Crippen LogP contribution in [0.1, 0.15) is 79.4 Å². The lowest BCUT2D eigenvalue weighted by atomic mass is 9.86. The van der Waals surface area contributed by atoms with Gasteiger partial charge in [0, 0.05) is 16.5 Å². The Kier molecular flexibility index (Phi) is 6.96. The van der Waals surface area contributed by atoms with Gasteiger partial charge in [-0.2, -0.15) is 0 Å². The van der Waals surface area contributed by atoms with E-state index in [-0.39, 0.29) is 29.8 Å². The van der Waals surface area contributed by atoms with E-state index < -0.39 is 0 Å². The van der Waals surface area contributed by atoms with Crippen LogP contribution in [0.15, 0.2) is 24.3 Å². The van der Waals surface area contributed by atoms with Gasteiger partial charge in [0.25, 0.3) is 5.91 Å². The molecule has 162 valence electrons. The van der Waals surface area contributed by atoms with E-state index >= 15 is 0 Å². The van der Waals surface area contributed by atoms with Crippen molar-refractivity contribution in [1.29, 1.82) is 0 Å². The predicted octanol–water partition coefficient (Wildman–Crippen LogP) is 5.47. The Balaban J connectivity index is 1.77. The van der Waals surface area contributed by atoms with E-state index in [4.69, 9.17) is 0 Å². The Labute approximate surface area is 183 Å². The average molecular weight is 428 g/mol. The van der Waals surface area contributed by atoms with Crippen molar-refractivity contribution in [3.05, 3.63) is 46.0 Å². The summed E-state index contributed by atoms with van der Waals surface area (Å²) >= 11 is 1.47. The number of carbonyl (C=O) groups is 2. The minimum Gasteiger partial charge on any atom is -0.326 e. The fraction of sp³-hybridized carbons (Fsp3) is 0.542. The average Bonchev–Trinajstić information content (AvgIpc) is 3.02. The maximum Gasteiger partial charge on any atom is 0.254 e. The van der Waals surface area contributed by atoms with Crippen LogP contribution in [-0.2, 0) is 10.2 Å². The van der Waals surface area contributed by atoms with Gasteiger partial charge in [-0.3, -0.25) is 9.59 Å². The van der Waals surface area contributed by atoms with E-state index in [2.05, 4.69) is 31.1 Å². The van der Waals surface area contributed by atoms with Crippen LogP contribution in [-0.4, -0.2) is 34.3 Å². The topological polar surface area (TPSA) is 62.3 Å². The normalized spacial score (nSPS) is 15.1. The van der Waals surface area contributed by atoms with E-state index in [0.29, 0.717) is 10.7 Å². The zero-order valence-electron chi connectivity index (χ0n) is 18.7. The Morgan fingerprint density at radius 3 is 2.27 bits per heavy atom. The van der Waals surface area contributed by atoms with E-state index in [0.717, 1.165) is 36.3 Å². The summed E-state index contributed by atoms with van der Waals surface area (Å²) in [6.45, 7) is 10.4. The molecule has 0 radical (unpaired) electrons. The molecule has 0 atom stereocenters. The van der Waals surface area contributed by atoms with Gasteiger partial charge < -0.3 is 10.2 Å². The van der Waals surface area contributed by atoms with E-state index in [1.165, 1.54) is 23.3 Å². The molecule has 1 aliphatic carbocycles. The van der Waals surface area contributed by atoms with Crippen LogP contribution < -0.4 is 5.32 Å². The number of benzene rings is 1. The molecular weight excluding hydrogens is 394 g/mol. The van der Waals surface area contributed by atoms with Crippen molar-refractivity contribution in [2.45, 2.75) is 78.2 Å². The number of thiazole rings is 1. The van der Waals surface area contributed by atoms with Crippen molar-refractivity contribution in [2.24, 2.45) is 0 Å². The van der Waals surface area contributed by atoms with Gasteiger partial charge in [0.2, 0.25) is 5.91 Å². The number of carbonyl (C=O) groups excluding carboxylic acids is 2. The lowest BCUT2D eigenvalue weighted by Gasteiger charge is -2.34. The molecule has 0 saturated heterocycles. The van der Waals surface area contributed by atoms with Crippen molar-refractivity contribution < 1.29 is 9.59 Å². The van der Waals surface area contributed by atoms with Crippen LogP contribution in [0.5, 0.6) is 0 Å². The van der Waals surface area contributed by atoms with Crippen LogP contribution in [0, 0.1) is 13.8 Å². The number of hydrogen-bond acceptors (Lipinski definition) is 4.